The summed E-state index contributed by atoms with van der Waals surface area (Å²) in [5, 5.41) is 22.3. The molecule has 2 amide bonds. The topological polar surface area (TPSA) is 116 Å². The van der Waals surface area contributed by atoms with Gasteiger partial charge >= 0.3 is 18.0 Å². The Bertz CT molecular complexity index is 365. The molecule has 0 aromatic rings. The third-order valence-corrected chi connectivity index (χ3v) is 3.49. The SMILES string of the molecule is CC1(CNC(=O)NC(CCC(=O)O)C(=O)O)CCC1. The predicted molar refractivity (Wildman–Crippen MR) is 66.8 cm³/mol. The van der Waals surface area contributed by atoms with Gasteiger partial charge in [-0.05, 0) is 24.7 Å². The highest BCUT2D eigenvalue weighted by Gasteiger charge is 2.32. The summed E-state index contributed by atoms with van der Waals surface area (Å²) in [5.74, 6) is -2.32. The number of hydrogen-bond donors (Lipinski definition) is 4. The molecule has 1 unspecified atom stereocenters. The van der Waals surface area contributed by atoms with E-state index >= 15 is 0 Å². The molecule has 108 valence electrons. The lowest BCUT2D eigenvalue weighted by Crippen LogP contribution is -2.49. The number of aliphatic carboxylic acids is 2. The Morgan fingerprint density at radius 2 is 1.89 bits per heavy atom. The number of carbonyl (C=O) groups excluding carboxylic acids is 1. The molecule has 0 aromatic carbocycles. The highest BCUT2D eigenvalue weighted by atomic mass is 16.4. The molecule has 1 atom stereocenters. The lowest BCUT2D eigenvalue weighted by molar-refractivity contribution is -0.140. The average molecular weight is 272 g/mol. The van der Waals surface area contributed by atoms with Gasteiger partial charge in [-0.2, -0.15) is 0 Å². The third-order valence-electron chi connectivity index (χ3n) is 3.49. The zero-order valence-electron chi connectivity index (χ0n) is 10.9. The van der Waals surface area contributed by atoms with Crippen LogP contribution in [0.2, 0.25) is 0 Å². The van der Waals surface area contributed by atoms with E-state index in [1.165, 1.54) is 0 Å². The molecule has 7 heteroatoms. The highest BCUT2D eigenvalue weighted by Crippen LogP contribution is 2.39. The van der Waals surface area contributed by atoms with Crippen molar-refractivity contribution in [3.63, 3.8) is 0 Å². The maximum absolute atomic E-state index is 11.6. The monoisotopic (exact) mass is 272 g/mol. The van der Waals surface area contributed by atoms with Crippen LogP contribution in [0.4, 0.5) is 4.79 Å². The van der Waals surface area contributed by atoms with Crippen molar-refractivity contribution in [3.05, 3.63) is 0 Å². The minimum absolute atomic E-state index is 0.108. The summed E-state index contributed by atoms with van der Waals surface area (Å²) in [5.41, 5.74) is 0.108. The van der Waals surface area contributed by atoms with E-state index in [9.17, 15) is 14.4 Å². The number of urea groups is 1. The van der Waals surface area contributed by atoms with Crippen LogP contribution in [-0.4, -0.2) is 40.8 Å². The van der Waals surface area contributed by atoms with Crippen LogP contribution in [0.15, 0.2) is 0 Å². The van der Waals surface area contributed by atoms with E-state index in [1.807, 2.05) is 0 Å². The molecule has 0 aromatic heterocycles. The average Bonchev–Trinajstić information content (AvgIpc) is 2.28. The molecule has 1 saturated carbocycles. The maximum Gasteiger partial charge on any atom is 0.326 e. The predicted octanol–water partition coefficient (Wildman–Crippen LogP) is 0.794. The van der Waals surface area contributed by atoms with Crippen molar-refractivity contribution in [3.8, 4) is 0 Å². The molecule has 0 bridgehead atoms. The summed E-state index contributed by atoms with van der Waals surface area (Å²) in [6.45, 7) is 2.57. The van der Waals surface area contributed by atoms with Crippen LogP contribution in [0.25, 0.3) is 0 Å². The summed E-state index contributed by atoms with van der Waals surface area (Å²) in [6.07, 6.45) is 2.82. The zero-order valence-corrected chi connectivity index (χ0v) is 10.9. The molecule has 1 rings (SSSR count). The number of hydrogen-bond acceptors (Lipinski definition) is 3. The van der Waals surface area contributed by atoms with Crippen LogP contribution in [0.3, 0.4) is 0 Å². The van der Waals surface area contributed by atoms with Gasteiger partial charge < -0.3 is 20.8 Å². The zero-order chi connectivity index (χ0) is 14.5. The van der Waals surface area contributed by atoms with E-state index in [4.69, 9.17) is 10.2 Å². The van der Waals surface area contributed by atoms with E-state index in [0.29, 0.717) is 6.54 Å². The number of carboxylic acid groups (broad SMARTS) is 2. The lowest BCUT2D eigenvalue weighted by atomic mass is 9.70. The first-order valence-corrected chi connectivity index (χ1v) is 6.31. The minimum atomic E-state index is -1.23. The molecule has 7 nitrogen and oxygen atoms in total. The van der Waals surface area contributed by atoms with Gasteiger partial charge in [0, 0.05) is 13.0 Å². The largest absolute Gasteiger partial charge is 0.481 e. The Hall–Kier alpha value is -1.79. The molecule has 0 spiro atoms. The molecule has 0 heterocycles. The number of carbonyl (C=O) groups is 3. The van der Waals surface area contributed by atoms with Crippen molar-refractivity contribution in [2.45, 2.75) is 45.1 Å². The van der Waals surface area contributed by atoms with Gasteiger partial charge in [-0.3, -0.25) is 4.79 Å². The summed E-state index contributed by atoms with van der Waals surface area (Å²) in [6, 6.07) is -1.74. The van der Waals surface area contributed by atoms with Crippen molar-refractivity contribution in [1.82, 2.24) is 10.6 Å². The molecular formula is C12H20N2O5. The first kappa shape index (κ1) is 15.3. The summed E-state index contributed by atoms with van der Waals surface area (Å²) < 4.78 is 0. The quantitative estimate of drug-likeness (QED) is 0.547. The van der Waals surface area contributed by atoms with E-state index in [2.05, 4.69) is 17.6 Å². The molecule has 1 aliphatic carbocycles. The standard InChI is InChI=1S/C12H20N2O5/c1-12(5-2-6-12)7-13-11(19)14-8(10(17)18)3-4-9(15)16/h8H,2-7H2,1H3,(H,15,16)(H,17,18)(H2,13,14,19). The third kappa shape index (κ3) is 5.15. The van der Waals surface area contributed by atoms with Gasteiger partial charge in [-0.15, -0.1) is 0 Å². The fourth-order valence-electron chi connectivity index (χ4n) is 1.99. The van der Waals surface area contributed by atoms with E-state index in [1.54, 1.807) is 0 Å². The summed E-state index contributed by atoms with van der Waals surface area (Å²) in [4.78, 5) is 32.8. The summed E-state index contributed by atoms with van der Waals surface area (Å²) in [7, 11) is 0. The minimum Gasteiger partial charge on any atom is -0.481 e. The van der Waals surface area contributed by atoms with Crippen molar-refractivity contribution < 1.29 is 24.6 Å². The second kappa shape index (κ2) is 6.40. The Balaban J connectivity index is 2.33. The highest BCUT2D eigenvalue weighted by molar-refractivity contribution is 5.83. The van der Waals surface area contributed by atoms with Gasteiger partial charge in [-0.1, -0.05) is 13.3 Å². The number of carboxylic acids is 2. The first-order valence-electron chi connectivity index (χ1n) is 6.31. The molecule has 1 aliphatic rings. The summed E-state index contributed by atoms with van der Waals surface area (Å²) >= 11 is 0. The van der Waals surface area contributed by atoms with Gasteiger partial charge in [0.15, 0.2) is 0 Å². The fourth-order valence-corrected chi connectivity index (χ4v) is 1.99. The van der Waals surface area contributed by atoms with E-state index < -0.39 is 24.0 Å². The Morgan fingerprint density at radius 1 is 1.26 bits per heavy atom. The molecular weight excluding hydrogens is 252 g/mol. The van der Waals surface area contributed by atoms with Crippen molar-refractivity contribution in [1.29, 1.82) is 0 Å². The van der Waals surface area contributed by atoms with Gasteiger partial charge in [0.1, 0.15) is 6.04 Å². The van der Waals surface area contributed by atoms with Crippen LogP contribution in [0.1, 0.15) is 39.0 Å². The van der Waals surface area contributed by atoms with Gasteiger partial charge in [0.25, 0.3) is 0 Å². The van der Waals surface area contributed by atoms with Gasteiger partial charge in [0.05, 0.1) is 0 Å². The maximum atomic E-state index is 11.6. The first-order chi connectivity index (χ1) is 8.82. The lowest BCUT2D eigenvalue weighted by Gasteiger charge is -2.38. The van der Waals surface area contributed by atoms with Crippen LogP contribution in [0, 0.1) is 5.41 Å². The Labute approximate surface area is 111 Å². The molecule has 4 N–H and O–H groups in total. The van der Waals surface area contributed by atoms with Crippen LogP contribution in [0.5, 0.6) is 0 Å². The van der Waals surface area contributed by atoms with Crippen LogP contribution < -0.4 is 10.6 Å². The molecule has 0 aliphatic heterocycles. The van der Waals surface area contributed by atoms with Gasteiger partial charge in [0.2, 0.25) is 0 Å². The van der Waals surface area contributed by atoms with Crippen molar-refractivity contribution in [2.24, 2.45) is 5.41 Å². The molecule has 0 radical (unpaired) electrons. The number of nitrogens with one attached hydrogen (secondary N) is 2. The Morgan fingerprint density at radius 3 is 2.32 bits per heavy atom. The number of rotatable bonds is 7. The smallest absolute Gasteiger partial charge is 0.326 e. The van der Waals surface area contributed by atoms with E-state index in [0.717, 1.165) is 19.3 Å². The van der Waals surface area contributed by atoms with Crippen LogP contribution >= 0.6 is 0 Å². The Kier molecular flexibility index (Phi) is 5.14. The van der Waals surface area contributed by atoms with Crippen molar-refractivity contribution in [2.75, 3.05) is 6.54 Å². The molecule has 0 saturated heterocycles. The van der Waals surface area contributed by atoms with Gasteiger partial charge in [-0.25, -0.2) is 9.59 Å². The van der Waals surface area contributed by atoms with Crippen molar-refractivity contribution >= 4 is 18.0 Å². The van der Waals surface area contributed by atoms with Crippen LogP contribution in [-0.2, 0) is 9.59 Å². The molecule has 1 fully saturated rings. The second-order valence-electron chi connectivity index (χ2n) is 5.31. The molecule has 19 heavy (non-hydrogen) atoms. The fraction of sp³-hybridized carbons (Fsp3) is 0.750. The number of amides is 2. The second-order valence-corrected chi connectivity index (χ2v) is 5.31. The van der Waals surface area contributed by atoms with E-state index in [-0.39, 0.29) is 18.3 Å². The normalized spacial score (nSPS) is 17.9.